The number of hydrogen-bond donors (Lipinski definition) is 1. The monoisotopic (exact) mass is 431 g/mol. The number of carbonyl (C=O) groups is 1. The van der Waals surface area contributed by atoms with Gasteiger partial charge in [-0.2, -0.15) is 5.10 Å². The van der Waals surface area contributed by atoms with E-state index in [2.05, 4.69) is 34.2 Å². The molecule has 166 valence electrons. The molecule has 1 saturated carbocycles. The highest BCUT2D eigenvalue weighted by molar-refractivity contribution is 6.00. The lowest BCUT2D eigenvalue weighted by Gasteiger charge is -2.32. The van der Waals surface area contributed by atoms with Gasteiger partial charge in [0.25, 0.3) is 5.91 Å². The number of nitrogens with one attached hydrogen (secondary N) is 1. The first-order valence-electron chi connectivity index (χ1n) is 11.5. The highest BCUT2D eigenvalue weighted by atomic mass is 16.5. The maximum atomic E-state index is 13.5. The first-order chi connectivity index (χ1) is 15.7. The SMILES string of the molecule is CCCOc1ccc(C2c3c(-c4ccc(OC)cc4)n[nH]c3C(=O)N2C2CCCC2)cc1. The Bertz CT molecular complexity index is 1080. The Morgan fingerprint density at radius 3 is 2.38 bits per heavy atom. The molecule has 1 aliphatic heterocycles. The number of hydrogen-bond acceptors (Lipinski definition) is 4. The number of fused-ring (bicyclic) bond motifs is 1. The van der Waals surface area contributed by atoms with E-state index < -0.39 is 0 Å². The van der Waals surface area contributed by atoms with Crippen molar-refractivity contribution in [3.63, 3.8) is 0 Å². The summed E-state index contributed by atoms with van der Waals surface area (Å²) in [5.41, 5.74) is 4.46. The van der Waals surface area contributed by atoms with Gasteiger partial charge >= 0.3 is 0 Å². The summed E-state index contributed by atoms with van der Waals surface area (Å²) in [5, 5.41) is 7.63. The lowest BCUT2D eigenvalue weighted by molar-refractivity contribution is 0.0660. The van der Waals surface area contributed by atoms with Gasteiger partial charge in [-0.1, -0.05) is 31.9 Å². The van der Waals surface area contributed by atoms with Crippen molar-refractivity contribution in [2.24, 2.45) is 0 Å². The second-order valence-corrected chi connectivity index (χ2v) is 8.56. The third-order valence-electron chi connectivity index (χ3n) is 6.55. The third kappa shape index (κ3) is 3.53. The summed E-state index contributed by atoms with van der Waals surface area (Å²) in [6.45, 7) is 2.79. The van der Waals surface area contributed by atoms with E-state index in [1.165, 1.54) is 12.8 Å². The van der Waals surface area contributed by atoms with E-state index in [0.29, 0.717) is 12.3 Å². The number of amides is 1. The van der Waals surface area contributed by atoms with E-state index in [-0.39, 0.29) is 18.0 Å². The fraction of sp³-hybridized carbons (Fsp3) is 0.385. The van der Waals surface area contributed by atoms with Gasteiger partial charge < -0.3 is 14.4 Å². The molecule has 0 bridgehead atoms. The molecule has 1 aliphatic carbocycles. The zero-order chi connectivity index (χ0) is 22.1. The Labute approximate surface area is 188 Å². The first kappa shape index (κ1) is 20.6. The van der Waals surface area contributed by atoms with Gasteiger partial charge in [-0.15, -0.1) is 0 Å². The van der Waals surface area contributed by atoms with E-state index in [9.17, 15) is 4.79 Å². The normalized spacial score (nSPS) is 18.2. The van der Waals surface area contributed by atoms with Crippen molar-refractivity contribution >= 4 is 5.91 Å². The minimum absolute atomic E-state index is 0.0514. The Morgan fingerprint density at radius 1 is 1.03 bits per heavy atom. The number of H-pyrrole nitrogens is 1. The van der Waals surface area contributed by atoms with E-state index in [0.717, 1.165) is 53.1 Å². The fourth-order valence-electron chi connectivity index (χ4n) is 4.99. The van der Waals surface area contributed by atoms with Gasteiger partial charge in [0.05, 0.1) is 25.5 Å². The minimum Gasteiger partial charge on any atom is -0.497 e. The van der Waals surface area contributed by atoms with Gasteiger partial charge in [-0.3, -0.25) is 9.89 Å². The molecule has 2 aromatic carbocycles. The minimum atomic E-state index is -0.156. The molecule has 5 rings (SSSR count). The van der Waals surface area contributed by atoms with Gasteiger partial charge in [0.1, 0.15) is 17.2 Å². The molecular formula is C26H29N3O3. The summed E-state index contributed by atoms with van der Waals surface area (Å²) in [6.07, 6.45) is 5.41. The molecule has 1 N–H and O–H groups in total. The standard InChI is InChI=1S/C26H29N3O3/c1-3-16-32-21-14-10-18(11-15-21)25-22-23(17-8-12-20(31-2)13-9-17)27-28-24(22)26(30)29(25)19-6-4-5-7-19/h8-15,19,25H,3-7,16H2,1-2H3,(H,27,28). The van der Waals surface area contributed by atoms with E-state index in [1.54, 1.807) is 7.11 Å². The molecule has 2 heterocycles. The van der Waals surface area contributed by atoms with Crippen LogP contribution in [0.3, 0.4) is 0 Å². The van der Waals surface area contributed by atoms with Crippen molar-refractivity contribution in [2.45, 2.75) is 51.1 Å². The zero-order valence-corrected chi connectivity index (χ0v) is 18.6. The predicted octanol–water partition coefficient (Wildman–Crippen LogP) is 5.36. The third-order valence-corrected chi connectivity index (χ3v) is 6.55. The molecule has 0 radical (unpaired) electrons. The largest absolute Gasteiger partial charge is 0.497 e. The smallest absolute Gasteiger partial charge is 0.273 e. The summed E-state index contributed by atoms with van der Waals surface area (Å²) in [7, 11) is 1.66. The van der Waals surface area contributed by atoms with Crippen LogP contribution in [0.25, 0.3) is 11.3 Å². The van der Waals surface area contributed by atoms with Crippen LogP contribution in [0.2, 0.25) is 0 Å². The maximum absolute atomic E-state index is 13.5. The second kappa shape index (κ2) is 8.69. The Kier molecular flexibility index (Phi) is 5.60. The number of nitrogens with zero attached hydrogens (tertiary/aromatic N) is 2. The molecule has 1 fully saturated rings. The first-order valence-corrected chi connectivity index (χ1v) is 11.5. The average Bonchev–Trinajstić information content (AvgIpc) is 3.56. The van der Waals surface area contributed by atoms with Gasteiger partial charge in [0.15, 0.2) is 0 Å². The summed E-state index contributed by atoms with van der Waals surface area (Å²) in [4.78, 5) is 15.6. The summed E-state index contributed by atoms with van der Waals surface area (Å²) >= 11 is 0. The van der Waals surface area contributed by atoms with E-state index in [1.807, 2.05) is 36.4 Å². The number of rotatable bonds is 7. The lowest BCUT2D eigenvalue weighted by Crippen LogP contribution is -2.37. The fourth-order valence-corrected chi connectivity index (χ4v) is 4.99. The quantitative estimate of drug-likeness (QED) is 0.547. The second-order valence-electron chi connectivity index (χ2n) is 8.56. The van der Waals surface area contributed by atoms with Crippen LogP contribution in [0.15, 0.2) is 48.5 Å². The van der Waals surface area contributed by atoms with Crippen molar-refractivity contribution in [2.75, 3.05) is 13.7 Å². The van der Waals surface area contributed by atoms with E-state index >= 15 is 0 Å². The molecule has 2 aliphatic rings. The summed E-state index contributed by atoms with van der Waals surface area (Å²) in [5.74, 6) is 1.70. The van der Waals surface area contributed by atoms with Crippen LogP contribution in [-0.2, 0) is 0 Å². The van der Waals surface area contributed by atoms with Crippen molar-refractivity contribution in [1.82, 2.24) is 15.1 Å². The van der Waals surface area contributed by atoms with Gasteiger partial charge in [-0.25, -0.2) is 0 Å². The van der Waals surface area contributed by atoms with Crippen LogP contribution in [0.1, 0.15) is 66.7 Å². The molecule has 1 atom stereocenters. The Hall–Kier alpha value is -3.28. The molecule has 3 aromatic rings. The summed E-state index contributed by atoms with van der Waals surface area (Å²) in [6, 6.07) is 16.1. The highest BCUT2D eigenvalue weighted by Crippen LogP contribution is 2.46. The summed E-state index contributed by atoms with van der Waals surface area (Å²) < 4.78 is 11.1. The van der Waals surface area contributed by atoms with Crippen LogP contribution in [-0.4, -0.2) is 40.8 Å². The highest BCUT2D eigenvalue weighted by Gasteiger charge is 2.45. The Balaban J connectivity index is 1.58. The number of aromatic amines is 1. The molecular weight excluding hydrogens is 402 g/mol. The van der Waals surface area contributed by atoms with Crippen molar-refractivity contribution in [3.05, 3.63) is 65.4 Å². The van der Waals surface area contributed by atoms with Gasteiger partial charge in [0, 0.05) is 17.2 Å². The molecule has 6 heteroatoms. The number of ether oxygens (including phenoxy) is 2. The molecule has 32 heavy (non-hydrogen) atoms. The molecule has 1 amide bonds. The molecule has 0 spiro atoms. The van der Waals surface area contributed by atoms with Crippen molar-refractivity contribution in [1.29, 1.82) is 0 Å². The molecule has 0 saturated heterocycles. The van der Waals surface area contributed by atoms with Crippen LogP contribution in [0, 0.1) is 0 Å². The number of benzene rings is 2. The average molecular weight is 432 g/mol. The number of carbonyl (C=O) groups excluding carboxylic acids is 1. The molecule has 1 unspecified atom stereocenters. The van der Waals surface area contributed by atoms with Crippen LogP contribution < -0.4 is 9.47 Å². The predicted molar refractivity (Wildman–Crippen MR) is 123 cm³/mol. The van der Waals surface area contributed by atoms with Crippen molar-refractivity contribution < 1.29 is 14.3 Å². The maximum Gasteiger partial charge on any atom is 0.273 e. The van der Waals surface area contributed by atoms with Crippen LogP contribution >= 0.6 is 0 Å². The van der Waals surface area contributed by atoms with Gasteiger partial charge in [0.2, 0.25) is 0 Å². The zero-order valence-electron chi connectivity index (χ0n) is 18.6. The topological polar surface area (TPSA) is 67.5 Å². The molecule has 1 aromatic heterocycles. The number of aromatic nitrogens is 2. The lowest BCUT2D eigenvalue weighted by atomic mass is 9.95. The molecule has 6 nitrogen and oxygen atoms in total. The van der Waals surface area contributed by atoms with E-state index in [4.69, 9.17) is 9.47 Å². The van der Waals surface area contributed by atoms with Crippen molar-refractivity contribution in [3.8, 4) is 22.8 Å². The number of methoxy groups -OCH3 is 1. The van der Waals surface area contributed by atoms with Gasteiger partial charge in [-0.05, 0) is 61.2 Å². The van der Waals surface area contributed by atoms with Crippen LogP contribution in [0.4, 0.5) is 0 Å². The van der Waals surface area contributed by atoms with Crippen LogP contribution in [0.5, 0.6) is 11.5 Å². The Morgan fingerprint density at radius 2 is 1.72 bits per heavy atom.